The summed E-state index contributed by atoms with van der Waals surface area (Å²) in [6.07, 6.45) is -0.134. The lowest BCUT2D eigenvalue weighted by molar-refractivity contribution is -0.142. The number of aromatic nitrogens is 4. The molecule has 1 saturated heterocycles. The SMILES string of the molecule is O=C(O)CN1CCN(C(=O)CNC(=O)c2ccc(Nc3noc(=O)[nH]3)cc2)C[C@@H]1CC(=O)CNC(=O)c1ccc(Nc2noc(=O)[nH]2)cc1. The van der Waals surface area contributed by atoms with Crippen molar-refractivity contribution in [2.24, 2.45) is 0 Å². The number of carbonyl (C=O) groups is 5. The smallest absolute Gasteiger partial charge is 0.440 e. The van der Waals surface area contributed by atoms with E-state index in [0.717, 1.165) is 0 Å². The summed E-state index contributed by atoms with van der Waals surface area (Å²) in [6.45, 7) is -0.596. The van der Waals surface area contributed by atoms with Crippen LogP contribution in [0.25, 0.3) is 0 Å². The van der Waals surface area contributed by atoms with Crippen LogP contribution in [0.4, 0.5) is 23.3 Å². The lowest BCUT2D eigenvalue weighted by Crippen LogP contribution is -2.57. The highest BCUT2D eigenvalue weighted by atomic mass is 16.5. The van der Waals surface area contributed by atoms with E-state index in [1.807, 2.05) is 0 Å². The molecule has 3 heterocycles. The number of nitrogens with one attached hydrogen (secondary N) is 6. The minimum Gasteiger partial charge on any atom is -0.480 e. The molecule has 0 unspecified atom stereocenters. The number of hydrogen-bond donors (Lipinski definition) is 7. The molecule has 1 fully saturated rings. The molecule has 0 saturated carbocycles. The van der Waals surface area contributed by atoms with Crippen LogP contribution in [0.3, 0.4) is 0 Å². The summed E-state index contributed by atoms with van der Waals surface area (Å²) in [5.74, 6) is -4.22. The number of carbonyl (C=O) groups excluding carboxylic acids is 4. The number of carboxylic acid groups (broad SMARTS) is 1. The van der Waals surface area contributed by atoms with Gasteiger partial charge in [-0.15, -0.1) is 0 Å². The third-order valence-corrected chi connectivity index (χ3v) is 7.31. The third kappa shape index (κ3) is 9.48. The first-order valence-corrected chi connectivity index (χ1v) is 14.7. The highest BCUT2D eigenvalue weighted by molar-refractivity contribution is 5.98. The predicted molar refractivity (Wildman–Crippen MR) is 168 cm³/mol. The highest BCUT2D eigenvalue weighted by Crippen LogP contribution is 2.16. The fraction of sp³-hybridized carbons (Fsp3) is 0.276. The molecule has 256 valence electrons. The molecular formula is C29H30N10O10. The first-order valence-electron chi connectivity index (χ1n) is 14.7. The van der Waals surface area contributed by atoms with Crippen LogP contribution in [-0.2, 0) is 14.4 Å². The number of H-pyrrole nitrogens is 2. The van der Waals surface area contributed by atoms with Gasteiger partial charge in [0, 0.05) is 54.6 Å². The van der Waals surface area contributed by atoms with Gasteiger partial charge in [0.2, 0.25) is 17.8 Å². The van der Waals surface area contributed by atoms with Crippen LogP contribution in [0, 0.1) is 0 Å². The van der Waals surface area contributed by atoms with Crippen LogP contribution in [0.2, 0.25) is 0 Å². The van der Waals surface area contributed by atoms with E-state index in [-0.39, 0.29) is 74.5 Å². The van der Waals surface area contributed by atoms with Crippen LogP contribution in [0.5, 0.6) is 0 Å². The number of nitrogens with zero attached hydrogens (tertiary/aromatic N) is 4. The summed E-state index contributed by atoms with van der Waals surface area (Å²) in [6, 6.07) is 11.6. The number of benzene rings is 2. The van der Waals surface area contributed by atoms with Crippen molar-refractivity contribution in [3.05, 3.63) is 80.8 Å². The van der Waals surface area contributed by atoms with Gasteiger partial charge in [-0.2, -0.15) is 0 Å². The Kier molecular flexibility index (Phi) is 10.6. The van der Waals surface area contributed by atoms with Gasteiger partial charge >= 0.3 is 17.5 Å². The standard InChI is InChI=1S/C29H30N10O10/c40-21(12-30-24(44)16-1-5-18(6-2-16)32-26-34-28(46)48-36-26)11-20-14-39(10-9-38(20)15-23(42)43)22(41)13-31-25(45)17-3-7-19(8-4-17)33-27-35-29(47)49-37-27/h1-8,20H,9-15H2,(H,30,44)(H,31,45)(H,42,43)(H2,32,34,36,46)(H2,33,35,37,47)/t20-/m0/s1. The molecule has 20 nitrogen and oxygen atoms in total. The van der Waals surface area contributed by atoms with Gasteiger partial charge in [-0.1, -0.05) is 0 Å². The predicted octanol–water partition coefficient (Wildman–Crippen LogP) is -0.757. The molecule has 0 spiro atoms. The van der Waals surface area contributed by atoms with E-state index in [0.29, 0.717) is 11.4 Å². The third-order valence-electron chi connectivity index (χ3n) is 7.31. The molecule has 0 aliphatic carbocycles. The van der Waals surface area contributed by atoms with Crippen LogP contribution in [0.1, 0.15) is 27.1 Å². The van der Waals surface area contributed by atoms with Gasteiger partial charge in [0.05, 0.1) is 19.6 Å². The average molecular weight is 679 g/mol. The van der Waals surface area contributed by atoms with Crippen molar-refractivity contribution >= 4 is 52.7 Å². The van der Waals surface area contributed by atoms with E-state index in [1.54, 1.807) is 29.2 Å². The Bertz CT molecular complexity index is 1930. The second kappa shape index (κ2) is 15.3. The molecule has 2 aromatic heterocycles. The average Bonchev–Trinajstić information content (AvgIpc) is 3.69. The van der Waals surface area contributed by atoms with Gasteiger partial charge in [0.15, 0.2) is 5.78 Å². The first-order chi connectivity index (χ1) is 23.5. The van der Waals surface area contributed by atoms with Crippen molar-refractivity contribution in [2.45, 2.75) is 12.5 Å². The van der Waals surface area contributed by atoms with Gasteiger partial charge in [-0.3, -0.25) is 47.9 Å². The molecule has 2 aromatic carbocycles. The van der Waals surface area contributed by atoms with Gasteiger partial charge in [0.1, 0.15) is 0 Å². The summed E-state index contributed by atoms with van der Waals surface area (Å²) in [4.78, 5) is 92.4. The molecular weight excluding hydrogens is 648 g/mol. The second-order valence-corrected chi connectivity index (χ2v) is 10.8. The first kappa shape index (κ1) is 33.8. The normalized spacial score (nSPS) is 14.5. The number of rotatable bonds is 14. The van der Waals surface area contributed by atoms with E-state index >= 15 is 0 Å². The molecule has 1 atom stereocenters. The number of hydrogen-bond acceptors (Lipinski definition) is 14. The lowest BCUT2D eigenvalue weighted by atomic mass is 10.0. The summed E-state index contributed by atoms with van der Waals surface area (Å²) < 4.78 is 8.81. The molecule has 7 N–H and O–H groups in total. The largest absolute Gasteiger partial charge is 0.480 e. The molecule has 5 rings (SSSR count). The topological polar surface area (TPSA) is 278 Å². The van der Waals surface area contributed by atoms with Crippen LogP contribution >= 0.6 is 0 Å². The summed E-state index contributed by atoms with van der Waals surface area (Å²) >= 11 is 0. The molecule has 0 radical (unpaired) electrons. The molecule has 20 heteroatoms. The number of piperazine rings is 1. The summed E-state index contributed by atoms with van der Waals surface area (Å²) in [7, 11) is 0. The molecule has 1 aliphatic rings. The van der Waals surface area contributed by atoms with Crippen molar-refractivity contribution in [2.75, 3.05) is 49.9 Å². The lowest BCUT2D eigenvalue weighted by Gasteiger charge is -2.40. The molecule has 4 aromatic rings. The van der Waals surface area contributed by atoms with E-state index < -0.39 is 41.2 Å². The second-order valence-electron chi connectivity index (χ2n) is 10.8. The number of ketones is 1. The molecule has 3 amide bonds. The Hall–Kier alpha value is -6.57. The van der Waals surface area contributed by atoms with Crippen LogP contribution < -0.4 is 32.8 Å². The van der Waals surface area contributed by atoms with E-state index in [1.165, 1.54) is 29.2 Å². The van der Waals surface area contributed by atoms with Crippen molar-refractivity contribution in [3.8, 4) is 0 Å². The number of aromatic amines is 2. The molecule has 1 aliphatic heterocycles. The number of Topliss-reactive ketones (excluding diaryl/α,β-unsaturated/α-hetero) is 1. The maximum Gasteiger partial charge on any atom is 0.440 e. The fourth-order valence-corrected chi connectivity index (χ4v) is 4.93. The van der Waals surface area contributed by atoms with Crippen LogP contribution in [-0.4, -0.2) is 110 Å². The molecule has 49 heavy (non-hydrogen) atoms. The van der Waals surface area contributed by atoms with E-state index in [2.05, 4.69) is 50.6 Å². The van der Waals surface area contributed by atoms with Gasteiger partial charge in [-0.05, 0) is 58.8 Å². The quantitative estimate of drug-likeness (QED) is 0.0863. The summed E-state index contributed by atoms with van der Waals surface area (Å²) in [5.41, 5.74) is 1.55. The Morgan fingerprint density at radius 1 is 0.776 bits per heavy atom. The van der Waals surface area contributed by atoms with Crippen molar-refractivity contribution in [1.82, 2.24) is 40.7 Å². The Labute approximate surface area is 274 Å². The fourth-order valence-electron chi connectivity index (χ4n) is 4.93. The number of amides is 3. The van der Waals surface area contributed by atoms with Gasteiger partial charge < -0.3 is 31.3 Å². The zero-order valence-corrected chi connectivity index (χ0v) is 25.6. The van der Waals surface area contributed by atoms with Crippen molar-refractivity contribution in [1.29, 1.82) is 0 Å². The van der Waals surface area contributed by atoms with E-state index in [9.17, 15) is 38.7 Å². The van der Waals surface area contributed by atoms with Crippen molar-refractivity contribution < 1.29 is 38.1 Å². The van der Waals surface area contributed by atoms with E-state index in [4.69, 9.17) is 0 Å². The Morgan fingerprint density at radius 3 is 1.76 bits per heavy atom. The van der Waals surface area contributed by atoms with Gasteiger partial charge in [0.25, 0.3) is 11.8 Å². The number of carboxylic acids is 1. The maximum absolute atomic E-state index is 13.0. The zero-order valence-electron chi connectivity index (χ0n) is 25.6. The Balaban J connectivity index is 1.10. The zero-order chi connectivity index (χ0) is 34.9. The van der Waals surface area contributed by atoms with Gasteiger partial charge in [-0.25, -0.2) is 9.59 Å². The maximum atomic E-state index is 13.0. The number of aliphatic carboxylic acids is 1. The minimum atomic E-state index is -1.10. The monoisotopic (exact) mass is 678 g/mol. The van der Waals surface area contributed by atoms with Crippen molar-refractivity contribution in [3.63, 3.8) is 0 Å². The van der Waals surface area contributed by atoms with Crippen LogP contribution in [0.15, 0.2) is 67.2 Å². The highest BCUT2D eigenvalue weighted by Gasteiger charge is 2.32. The molecule has 0 bridgehead atoms. The summed E-state index contributed by atoms with van der Waals surface area (Å²) in [5, 5.41) is 27.0. The Morgan fingerprint density at radius 2 is 1.29 bits per heavy atom. The number of anilines is 4. The minimum absolute atomic E-state index is 0.0391.